The Balaban J connectivity index is 1.92. The number of thiophene rings is 1. The van der Waals surface area contributed by atoms with Crippen LogP contribution in [0.5, 0.6) is 0 Å². The van der Waals surface area contributed by atoms with Gasteiger partial charge in [0, 0.05) is 4.88 Å². The molecular weight excluding hydrogens is 409 g/mol. The quantitative estimate of drug-likeness (QED) is 0.661. The lowest BCUT2D eigenvalue weighted by Crippen LogP contribution is -2.23. The molecule has 0 saturated heterocycles. The Labute approximate surface area is 178 Å². The lowest BCUT2D eigenvalue weighted by Gasteiger charge is -2.22. The second-order valence-electron chi connectivity index (χ2n) is 6.91. The third-order valence-electron chi connectivity index (χ3n) is 4.85. The van der Waals surface area contributed by atoms with Gasteiger partial charge in [0.05, 0.1) is 31.1 Å². The largest absolute Gasteiger partial charge is 0.466 e. The van der Waals surface area contributed by atoms with Crippen molar-refractivity contribution in [2.45, 2.75) is 45.4 Å². The molecule has 1 aliphatic rings. The molecule has 1 aliphatic carbocycles. The number of carbonyl (C=O) groups excluding carboxylic acids is 3. The number of nitrogens with one attached hydrogen (secondary N) is 1. The average molecular weight is 434 g/mol. The molecule has 0 saturated carbocycles. The van der Waals surface area contributed by atoms with Crippen LogP contribution < -0.4 is 5.32 Å². The smallest absolute Gasteiger partial charge is 0.341 e. The number of esters is 2. The van der Waals surface area contributed by atoms with Crippen LogP contribution in [0.4, 0.5) is 9.39 Å². The van der Waals surface area contributed by atoms with E-state index < -0.39 is 11.9 Å². The van der Waals surface area contributed by atoms with E-state index >= 15 is 0 Å². The molecule has 6 nitrogen and oxygen atoms in total. The van der Waals surface area contributed by atoms with E-state index in [2.05, 4.69) is 5.32 Å². The minimum Gasteiger partial charge on any atom is -0.466 e. The molecule has 1 heterocycles. The number of benzene rings is 1. The summed E-state index contributed by atoms with van der Waals surface area (Å²) in [6, 6.07) is 5.66. The third-order valence-corrected chi connectivity index (χ3v) is 6.03. The first-order valence-electron chi connectivity index (χ1n) is 9.98. The summed E-state index contributed by atoms with van der Waals surface area (Å²) in [5, 5.41) is 3.17. The van der Waals surface area contributed by atoms with Crippen molar-refractivity contribution in [2.24, 2.45) is 0 Å². The maximum atomic E-state index is 13.1. The maximum absolute atomic E-state index is 13.1. The van der Waals surface area contributed by atoms with E-state index in [1.165, 1.54) is 35.6 Å². The number of carbonyl (C=O) groups is 3. The van der Waals surface area contributed by atoms with Crippen molar-refractivity contribution < 1.29 is 28.2 Å². The average Bonchev–Trinajstić information content (AvgIpc) is 3.07. The van der Waals surface area contributed by atoms with Crippen LogP contribution in [0.3, 0.4) is 0 Å². The molecule has 2 aromatic rings. The standard InChI is InChI=1S/C22H24FNO5S/c1-3-28-21(26)15-6-5-7-16-18(15)19(22(27)29-4-2)20(30-16)24-17(25)12-13-8-10-14(23)11-9-13/h8-11,15H,3-7,12H2,1-2H3,(H,24,25). The van der Waals surface area contributed by atoms with Crippen LogP contribution in [0.15, 0.2) is 24.3 Å². The Bertz CT molecular complexity index is 938. The van der Waals surface area contributed by atoms with Crippen molar-refractivity contribution in [1.29, 1.82) is 0 Å². The summed E-state index contributed by atoms with van der Waals surface area (Å²) < 4.78 is 23.5. The molecular formula is C22H24FNO5S. The number of rotatable bonds is 7. The summed E-state index contributed by atoms with van der Waals surface area (Å²) in [7, 11) is 0. The SMILES string of the molecule is CCOC(=O)c1c(NC(=O)Cc2ccc(F)cc2)sc2c1C(C(=O)OCC)CCC2. The zero-order valence-corrected chi connectivity index (χ0v) is 17.8. The van der Waals surface area contributed by atoms with Gasteiger partial charge in [-0.3, -0.25) is 9.59 Å². The van der Waals surface area contributed by atoms with Crippen molar-refractivity contribution in [1.82, 2.24) is 0 Å². The molecule has 8 heteroatoms. The highest BCUT2D eigenvalue weighted by atomic mass is 32.1. The maximum Gasteiger partial charge on any atom is 0.341 e. The first-order valence-corrected chi connectivity index (χ1v) is 10.8. The summed E-state index contributed by atoms with van der Waals surface area (Å²) >= 11 is 1.30. The van der Waals surface area contributed by atoms with Crippen molar-refractivity contribution in [2.75, 3.05) is 18.5 Å². The Morgan fingerprint density at radius 3 is 2.50 bits per heavy atom. The van der Waals surface area contributed by atoms with Gasteiger partial charge in [-0.15, -0.1) is 11.3 Å². The number of aryl methyl sites for hydroxylation is 1. The summed E-state index contributed by atoms with van der Waals surface area (Å²) in [5.74, 6) is -2.19. The van der Waals surface area contributed by atoms with Gasteiger partial charge in [-0.25, -0.2) is 9.18 Å². The Kier molecular flexibility index (Phi) is 7.20. The predicted molar refractivity (Wildman–Crippen MR) is 111 cm³/mol. The fourth-order valence-electron chi connectivity index (χ4n) is 3.59. The number of amides is 1. The molecule has 0 spiro atoms. The first-order chi connectivity index (χ1) is 14.4. The number of ether oxygens (including phenoxy) is 2. The molecule has 160 valence electrons. The summed E-state index contributed by atoms with van der Waals surface area (Å²) in [5.41, 5.74) is 1.50. The fraction of sp³-hybridized carbons (Fsp3) is 0.409. The third kappa shape index (κ3) is 4.87. The van der Waals surface area contributed by atoms with Crippen molar-refractivity contribution in [3.63, 3.8) is 0 Å². The number of halogens is 1. The number of fused-ring (bicyclic) bond motifs is 1. The number of hydrogen-bond donors (Lipinski definition) is 1. The molecule has 3 rings (SSSR count). The van der Waals surface area contributed by atoms with E-state index in [0.29, 0.717) is 22.5 Å². The molecule has 30 heavy (non-hydrogen) atoms. The van der Waals surface area contributed by atoms with Crippen LogP contribution in [-0.4, -0.2) is 31.1 Å². The Morgan fingerprint density at radius 1 is 1.13 bits per heavy atom. The van der Waals surface area contributed by atoms with Gasteiger partial charge in [0.1, 0.15) is 10.8 Å². The monoisotopic (exact) mass is 433 g/mol. The summed E-state index contributed by atoms with van der Waals surface area (Å²) in [4.78, 5) is 38.7. The molecule has 1 unspecified atom stereocenters. The molecule has 1 aromatic heterocycles. The normalized spacial score (nSPS) is 15.2. The van der Waals surface area contributed by atoms with Crippen LogP contribution >= 0.6 is 11.3 Å². The van der Waals surface area contributed by atoms with Crippen LogP contribution in [0.2, 0.25) is 0 Å². The number of anilines is 1. The van der Waals surface area contributed by atoms with Gasteiger partial charge in [0.15, 0.2) is 0 Å². The molecule has 0 aliphatic heterocycles. The van der Waals surface area contributed by atoms with E-state index in [9.17, 15) is 18.8 Å². The zero-order chi connectivity index (χ0) is 21.7. The fourth-order valence-corrected chi connectivity index (χ4v) is 4.89. The second-order valence-corrected chi connectivity index (χ2v) is 8.02. The Hall–Kier alpha value is -2.74. The van der Waals surface area contributed by atoms with Gasteiger partial charge in [-0.1, -0.05) is 12.1 Å². The van der Waals surface area contributed by atoms with Gasteiger partial charge >= 0.3 is 11.9 Å². The molecule has 0 radical (unpaired) electrons. The van der Waals surface area contributed by atoms with Gasteiger partial charge < -0.3 is 14.8 Å². The second kappa shape index (κ2) is 9.84. The zero-order valence-electron chi connectivity index (χ0n) is 17.0. The van der Waals surface area contributed by atoms with E-state index in [4.69, 9.17) is 9.47 Å². The molecule has 1 N–H and O–H groups in total. The van der Waals surface area contributed by atoms with E-state index in [0.717, 1.165) is 17.7 Å². The molecule has 1 aromatic carbocycles. The molecule has 1 atom stereocenters. The lowest BCUT2D eigenvalue weighted by atomic mass is 9.85. The van der Waals surface area contributed by atoms with Crippen molar-refractivity contribution in [3.8, 4) is 0 Å². The first kappa shape index (κ1) is 22.0. The van der Waals surface area contributed by atoms with Gasteiger partial charge in [0.2, 0.25) is 5.91 Å². The van der Waals surface area contributed by atoms with Crippen LogP contribution in [0.1, 0.15) is 59.0 Å². The summed E-state index contributed by atoms with van der Waals surface area (Å²) in [6.45, 7) is 3.87. The number of hydrogen-bond acceptors (Lipinski definition) is 6. The van der Waals surface area contributed by atoms with Crippen LogP contribution in [0.25, 0.3) is 0 Å². The van der Waals surface area contributed by atoms with E-state index in [-0.39, 0.29) is 42.9 Å². The van der Waals surface area contributed by atoms with Crippen molar-refractivity contribution in [3.05, 3.63) is 51.7 Å². The van der Waals surface area contributed by atoms with Crippen LogP contribution in [-0.2, 0) is 31.9 Å². The highest BCUT2D eigenvalue weighted by Crippen LogP contribution is 2.44. The van der Waals surface area contributed by atoms with E-state index in [1.54, 1.807) is 13.8 Å². The summed E-state index contributed by atoms with van der Waals surface area (Å²) in [6.07, 6.45) is 2.13. The predicted octanol–water partition coefficient (Wildman–Crippen LogP) is 4.23. The lowest BCUT2D eigenvalue weighted by molar-refractivity contribution is -0.145. The van der Waals surface area contributed by atoms with Gasteiger partial charge in [0.25, 0.3) is 0 Å². The molecule has 0 fully saturated rings. The molecule has 1 amide bonds. The van der Waals surface area contributed by atoms with Crippen LogP contribution in [0, 0.1) is 5.82 Å². The minimum absolute atomic E-state index is 0.0341. The van der Waals surface area contributed by atoms with Crippen molar-refractivity contribution >= 4 is 34.2 Å². The van der Waals surface area contributed by atoms with Gasteiger partial charge in [-0.05, 0) is 56.4 Å². The molecule has 0 bridgehead atoms. The topological polar surface area (TPSA) is 81.7 Å². The van der Waals surface area contributed by atoms with E-state index in [1.807, 2.05) is 0 Å². The van der Waals surface area contributed by atoms with Gasteiger partial charge in [-0.2, -0.15) is 0 Å². The highest BCUT2D eigenvalue weighted by molar-refractivity contribution is 7.17. The highest BCUT2D eigenvalue weighted by Gasteiger charge is 2.36. The minimum atomic E-state index is -0.566. The Morgan fingerprint density at radius 2 is 1.83 bits per heavy atom.